The maximum absolute atomic E-state index is 5.69. The molecule has 1 nitrogen and oxygen atoms in total. The van der Waals surface area contributed by atoms with E-state index in [1.807, 2.05) is 6.26 Å². The molecular weight excluding hydrogens is 256 g/mol. The van der Waals surface area contributed by atoms with E-state index < -0.39 is 0 Å². The van der Waals surface area contributed by atoms with E-state index in [0.717, 1.165) is 13.0 Å². The van der Waals surface area contributed by atoms with Crippen molar-refractivity contribution < 1.29 is 4.74 Å². The van der Waals surface area contributed by atoms with Crippen molar-refractivity contribution in [3.63, 3.8) is 0 Å². The van der Waals surface area contributed by atoms with Crippen molar-refractivity contribution in [1.82, 2.24) is 0 Å². The standard InChI is InChI=1S/C20H40O/c1-4-7-9-10-11-12-13-14-15-16-18-21-19-20(6-3)17-8-5-2/h19H,4-18H2,1-3H3. The monoisotopic (exact) mass is 296 g/mol. The maximum atomic E-state index is 5.69. The fraction of sp³-hybridized carbons (Fsp3) is 0.900. The van der Waals surface area contributed by atoms with Crippen molar-refractivity contribution in [2.75, 3.05) is 6.61 Å². The summed E-state index contributed by atoms with van der Waals surface area (Å²) in [5, 5.41) is 0. The van der Waals surface area contributed by atoms with Gasteiger partial charge in [0.25, 0.3) is 0 Å². The molecule has 0 radical (unpaired) electrons. The van der Waals surface area contributed by atoms with Gasteiger partial charge in [-0.15, -0.1) is 0 Å². The van der Waals surface area contributed by atoms with E-state index in [0.29, 0.717) is 0 Å². The summed E-state index contributed by atoms with van der Waals surface area (Å²) in [6.07, 6.45) is 20.8. The van der Waals surface area contributed by atoms with Gasteiger partial charge in [0.2, 0.25) is 0 Å². The number of unbranched alkanes of at least 4 members (excludes halogenated alkanes) is 10. The summed E-state index contributed by atoms with van der Waals surface area (Å²) in [6.45, 7) is 7.67. The van der Waals surface area contributed by atoms with Gasteiger partial charge in [-0.2, -0.15) is 0 Å². The van der Waals surface area contributed by atoms with Crippen LogP contribution in [0.4, 0.5) is 0 Å². The Labute approximate surface area is 134 Å². The number of hydrogen-bond acceptors (Lipinski definition) is 1. The van der Waals surface area contributed by atoms with Gasteiger partial charge < -0.3 is 4.74 Å². The summed E-state index contributed by atoms with van der Waals surface area (Å²) in [5.41, 5.74) is 1.48. The van der Waals surface area contributed by atoms with Crippen LogP contribution in [-0.2, 0) is 4.74 Å². The molecule has 0 rings (SSSR count). The van der Waals surface area contributed by atoms with Crippen LogP contribution in [-0.4, -0.2) is 6.61 Å². The molecular formula is C20H40O. The minimum Gasteiger partial charge on any atom is -0.501 e. The SMILES string of the molecule is CCCCCCCCCCCCOC=C(CC)CCCC. The van der Waals surface area contributed by atoms with Gasteiger partial charge in [-0.3, -0.25) is 0 Å². The Morgan fingerprint density at radius 1 is 0.667 bits per heavy atom. The molecule has 0 aliphatic rings. The van der Waals surface area contributed by atoms with Crippen molar-refractivity contribution >= 4 is 0 Å². The second-order valence-electron chi connectivity index (χ2n) is 6.29. The molecule has 1 heteroatoms. The Hall–Kier alpha value is -0.460. The highest BCUT2D eigenvalue weighted by atomic mass is 16.5. The van der Waals surface area contributed by atoms with Crippen LogP contribution >= 0.6 is 0 Å². The second kappa shape index (κ2) is 17.6. The van der Waals surface area contributed by atoms with Crippen LogP contribution in [0.15, 0.2) is 11.8 Å². The summed E-state index contributed by atoms with van der Waals surface area (Å²) >= 11 is 0. The highest BCUT2D eigenvalue weighted by Crippen LogP contribution is 2.12. The molecule has 0 fully saturated rings. The lowest BCUT2D eigenvalue weighted by Crippen LogP contribution is -1.91. The van der Waals surface area contributed by atoms with Crippen molar-refractivity contribution in [1.29, 1.82) is 0 Å². The van der Waals surface area contributed by atoms with Crippen molar-refractivity contribution in [2.45, 2.75) is 111 Å². The first-order chi connectivity index (χ1) is 10.3. The van der Waals surface area contributed by atoms with Crippen LogP contribution in [0.25, 0.3) is 0 Å². The fourth-order valence-corrected chi connectivity index (χ4v) is 2.57. The average Bonchev–Trinajstić information content (AvgIpc) is 2.51. The highest BCUT2D eigenvalue weighted by molar-refractivity contribution is 4.96. The zero-order chi connectivity index (χ0) is 15.6. The third kappa shape index (κ3) is 15.7. The molecule has 0 N–H and O–H groups in total. The Bertz CT molecular complexity index is 220. The zero-order valence-corrected chi connectivity index (χ0v) is 15.1. The minimum atomic E-state index is 0.909. The van der Waals surface area contributed by atoms with Gasteiger partial charge in [0.15, 0.2) is 0 Å². The van der Waals surface area contributed by atoms with Gasteiger partial charge >= 0.3 is 0 Å². The largest absolute Gasteiger partial charge is 0.501 e. The first-order valence-electron chi connectivity index (χ1n) is 9.64. The maximum Gasteiger partial charge on any atom is 0.0873 e. The molecule has 0 spiro atoms. The highest BCUT2D eigenvalue weighted by Gasteiger charge is 1.95. The van der Waals surface area contributed by atoms with Crippen LogP contribution < -0.4 is 0 Å². The van der Waals surface area contributed by atoms with E-state index in [-0.39, 0.29) is 0 Å². The van der Waals surface area contributed by atoms with Crippen molar-refractivity contribution in [3.8, 4) is 0 Å². The van der Waals surface area contributed by atoms with E-state index in [4.69, 9.17) is 4.74 Å². The third-order valence-electron chi connectivity index (χ3n) is 4.17. The van der Waals surface area contributed by atoms with Gasteiger partial charge in [-0.05, 0) is 31.3 Å². The smallest absolute Gasteiger partial charge is 0.0873 e. The molecule has 0 aromatic heterocycles. The lowest BCUT2D eigenvalue weighted by atomic mass is 10.1. The predicted molar refractivity (Wildman–Crippen MR) is 95.7 cm³/mol. The van der Waals surface area contributed by atoms with Crippen LogP contribution in [0.5, 0.6) is 0 Å². The third-order valence-corrected chi connectivity index (χ3v) is 4.17. The molecule has 0 saturated carbocycles. The Morgan fingerprint density at radius 2 is 1.19 bits per heavy atom. The first kappa shape index (κ1) is 20.5. The molecule has 0 unspecified atom stereocenters. The number of hydrogen-bond donors (Lipinski definition) is 0. The van der Waals surface area contributed by atoms with Gasteiger partial charge in [-0.25, -0.2) is 0 Å². The van der Waals surface area contributed by atoms with Crippen molar-refractivity contribution in [3.05, 3.63) is 11.8 Å². The molecule has 126 valence electrons. The quantitative estimate of drug-likeness (QED) is 0.213. The van der Waals surface area contributed by atoms with E-state index >= 15 is 0 Å². The molecule has 0 aromatic rings. The molecule has 0 aliphatic heterocycles. The molecule has 0 amide bonds. The molecule has 0 bridgehead atoms. The van der Waals surface area contributed by atoms with Crippen molar-refractivity contribution in [2.24, 2.45) is 0 Å². The van der Waals surface area contributed by atoms with E-state index in [9.17, 15) is 0 Å². The molecule has 0 aromatic carbocycles. The number of ether oxygens (including phenoxy) is 1. The predicted octanol–water partition coefficient (Wildman–Crippen LogP) is 7.41. The molecule has 21 heavy (non-hydrogen) atoms. The Balaban J connectivity index is 3.26. The summed E-state index contributed by atoms with van der Waals surface area (Å²) in [7, 11) is 0. The Kier molecular flexibility index (Phi) is 17.2. The van der Waals surface area contributed by atoms with Gasteiger partial charge in [0, 0.05) is 0 Å². The molecule has 0 aliphatic carbocycles. The Morgan fingerprint density at radius 3 is 1.71 bits per heavy atom. The summed E-state index contributed by atoms with van der Waals surface area (Å²) in [4.78, 5) is 0. The van der Waals surface area contributed by atoms with Gasteiger partial charge in [0.1, 0.15) is 0 Å². The van der Waals surface area contributed by atoms with Crippen LogP contribution in [0, 0.1) is 0 Å². The normalized spacial score (nSPS) is 11.9. The van der Waals surface area contributed by atoms with Crippen LogP contribution in [0.3, 0.4) is 0 Å². The number of allylic oxidation sites excluding steroid dienone is 1. The van der Waals surface area contributed by atoms with E-state index in [1.54, 1.807) is 0 Å². The number of rotatable bonds is 16. The molecule has 0 atom stereocenters. The van der Waals surface area contributed by atoms with Gasteiger partial charge in [-0.1, -0.05) is 85.0 Å². The minimum absolute atomic E-state index is 0.909. The average molecular weight is 297 g/mol. The zero-order valence-electron chi connectivity index (χ0n) is 15.1. The second-order valence-corrected chi connectivity index (χ2v) is 6.29. The van der Waals surface area contributed by atoms with E-state index in [2.05, 4.69) is 20.8 Å². The topological polar surface area (TPSA) is 9.23 Å². The first-order valence-corrected chi connectivity index (χ1v) is 9.64. The summed E-state index contributed by atoms with van der Waals surface area (Å²) in [6, 6.07) is 0. The summed E-state index contributed by atoms with van der Waals surface area (Å²) in [5.74, 6) is 0. The fourth-order valence-electron chi connectivity index (χ4n) is 2.57. The van der Waals surface area contributed by atoms with Crippen LogP contribution in [0.2, 0.25) is 0 Å². The van der Waals surface area contributed by atoms with Gasteiger partial charge in [0.05, 0.1) is 12.9 Å². The van der Waals surface area contributed by atoms with E-state index in [1.165, 1.54) is 89.0 Å². The molecule has 0 heterocycles. The lowest BCUT2D eigenvalue weighted by Gasteiger charge is -2.06. The van der Waals surface area contributed by atoms with Crippen LogP contribution in [0.1, 0.15) is 111 Å². The molecule has 0 saturated heterocycles. The summed E-state index contributed by atoms with van der Waals surface area (Å²) < 4.78 is 5.69. The lowest BCUT2D eigenvalue weighted by molar-refractivity contribution is 0.236.